The molecule has 1 atom stereocenters. The molecule has 0 saturated carbocycles. The molecule has 0 saturated heterocycles. The van der Waals surface area contributed by atoms with Gasteiger partial charge in [0.15, 0.2) is 0 Å². The molecule has 10 nitrogen and oxygen atoms in total. The molecule has 0 aliphatic carbocycles. The van der Waals surface area contributed by atoms with Gasteiger partial charge in [-0.3, -0.25) is 4.79 Å². The Bertz CT molecular complexity index is 1220. The molecule has 2 aromatic heterocycles. The number of carbonyl (C=O) groups excluding carboxylic acids is 1. The van der Waals surface area contributed by atoms with Crippen LogP contribution in [0.15, 0.2) is 42.9 Å². The molecule has 0 radical (unpaired) electrons. The van der Waals surface area contributed by atoms with Crippen LogP contribution in [0, 0.1) is 16.7 Å². The van der Waals surface area contributed by atoms with E-state index in [9.17, 15) is 4.79 Å². The highest BCUT2D eigenvalue weighted by molar-refractivity contribution is 5.94. The third-order valence-corrected chi connectivity index (χ3v) is 5.21. The largest absolute Gasteiger partial charge is 0.496 e. The van der Waals surface area contributed by atoms with E-state index in [2.05, 4.69) is 37.8 Å². The number of carbonyl (C=O) groups is 1. The van der Waals surface area contributed by atoms with Crippen molar-refractivity contribution in [3.63, 3.8) is 0 Å². The Morgan fingerprint density at radius 3 is 2.76 bits per heavy atom. The van der Waals surface area contributed by atoms with Gasteiger partial charge in [-0.25, -0.2) is 15.0 Å². The Morgan fingerprint density at radius 2 is 2.06 bits per heavy atom. The number of hydrogen-bond donors (Lipinski definition) is 4. The Morgan fingerprint density at radius 1 is 1.24 bits per heavy atom. The number of hydrogen-bond acceptors (Lipinski definition) is 9. The number of anilines is 2. The zero-order chi connectivity index (χ0) is 24.5. The quantitative estimate of drug-likeness (QED) is 0.267. The molecule has 4 N–H and O–H groups in total. The second-order valence-electron chi connectivity index (χ2n) is 7.42. The van der Waals surface area contributed by atoms with Crippen LogP contribution in [0.3, 0.4) is 0 Å². The fraction of sp³-hybridized carbons (Fsp3) is 0.250. The summed E-state index contributed by atoms with van der Waals surface area (Å²) in [6.45, 7) is 2.74. The van der Waals surface area contributed by atoms with Crippen LogP contribution < -0.4 is 20.7 Å². The van der Waals surface area contributed by atoms with Crippen molar-refractivity contribution in [2.75, 3.05) is 37.9 Å². The number of nitriles is 1. The summed E-state index contributed by atoms with van der Waals surface area (Å²) < 4.78 is 5.51. The van der Waals surface area contributed by atoms with E-state index in [-0.39, 0.29) is 18.4 Å². The van der Waals surface area contributed by atoms with Gasteiger partial charge in [-0.15, -0.1) is 0 Å². The third kappa shape index (κ3) is 5.63. The first-order chi connectivity index (χ1) is 16.5. The SMILES string of the molecule is CNC(=O)c1ccc(C(C)CNc2cc(-c3cnc(NCC#N)c(C=N)c3)ncn2)c(OC)c1. The summed E-state index contributed by atoms with van der Waals surface area (Å²) in [5, 5.41) is 25.2. The van der Waals surface area contributed by atoms with Crippen molar-refractivity contribution < 1.29 is 9.53 Å². The summed E-state index contributed by atoms with van der Waals surface area (Å²) >= 11 is 0. The number of amides is 1. The normalized spacial score (nSPS) is 11.1. The molecule has 0 bridgehead atoms. The lowest BCUT2D eigenvalue weighted by molar-refractivity contribution is 0.0962. The Hall–Kier alpha value is -4.52. The van der Waals surface area contributed by atoms with E-state index in [0.29, 0.717) is 40.8 Å². The van der Waals surface area contributed by atoms with Gasteiger partial charge in [0.25, 0.3) is 5.91 Å². The zero-order valence-electron chi connectivity index (χ0n) is 19.2. The van der Waals surface area contributed by atoms with Crippen molar-refractivity contribution in [1.29, 1.82) is 10.7 Å². The van der Waals surface area contributed by atoms with Gasteiger partial charge in [-0.05, 0) is 23.8 Å². The van der Waals surface area contributed by atoms with Crippen molar-refractivity contribution in [2.45, 2.75) is 12.8 Å². The molecule has 0 spiro atoms. The smallest absolute Gasteiger partial charge is 0.251 e. The van der Waals surface area contributed by atoms with Crippen molar-refractivity contribution in [3.8, 4) is 23.1 Å². The summed E-state index contributed by atoms with van der Waals surface area (Å²) in [6, 6.07) is 11.0. The Balaban J connectivity index is 1.75. The minimum atomic E-state index is -0.168. The molecule has 10 heteroatoms. The van der Waals surface area contributed by atoms with E-state index in [1.807, 2.05) is 18.2 Å². The van der Waals surface area contributed by atoms with Gasteiger partial charge in [-0.2, -0.15) is 5.26 Å². The number of pyridine rings is 1. The number of benzene rings is 1. The highest BCUT2D eigenvalue weighted by Crippen LogP contribution is 2.28. The van der Waals surface area contributed by atoms with Crippen molar-refractivity contribution in [1.82, 2.24) is 20.3 Å². The van der Waals surface area contributed by atoms with Crippen molar-refractivity contribution in [2.24, 2.45) is 0 Å². The lowest BCUT2D eigenvalue weighted by Gasteiger charge is -2.17. The highest BCUT2D eigenvalue weighted by atomic mass is 16.5. The summed E-state index contributed by atoms with van der Waals surface area (Å²) in [7, 11) is 3.17. The highest BCUT2D eigenvalue weighted by Gasteiger charge is 2.15. The maximum Gasteiger partial charge on any atom is 0.251 e. The average molecular weight is 459 g/mol. The summed E-state index contributed by atoms with van der Waals surface area (Å²) in [5.41, 5.74) is 3.44. The Labute approximate surface area is 197 Å². The second kappa shape index (κ2) is 11.4. The zero-order valence-corrected chi connectivity index (χ0v) is 19.2. The molecule has 0 aliphatic heterocycles. The monoisotopic (exact) mass is 458 g/mol. The fourth-order valence-electron chi connectivity index (χ4n) is 3.39. The maximum absolute atomic E-state index is 11.9. The van der Waals surface area contributed by atoms with E-state index in [0.717, 1.165) is 11.1 Å². The van der Waals surface area contributed by atoms with Crippen LogP contribution >= 0.6 is 0 Å². The van der Waals surface area contributed by atoms with Gasteiger partial charge in [0.2, 0.25) is 0 Å². The standard InChI is InChI=1S/C24H26N8O2/c1-15(19-5-4-16(24(33)27-2)9-21(19)34-3)12-29-22-10-20(31-14-32-22)18-8-17(11-26)23(30-13-18)28-7-6-25/h4-5,8-11,13-15,26H,7,12H2,1-3H3,(H,27,33)(H,28,30)(H,29,31,32). The van der Waals surface area contributed by atoms with Crippen LogP contribution in [0.4, 0.5) is 11.6 Å². The predicted octanol–water partition coefficient (Wildman–Crippen LogP) is 3.06. The van der Waals surface area contributed by atoms with Crippen LogP contribution in [0.2, 0.25) is 0 Å². The van der Waals surface area contributed by atoms with Crippen molar-refractivity contribution >= 4 is 23.8 Å². The first-order valence-corrected chi connectivity index (χ1v) is 10.6. The summed E-state index contributed by atoms with van der Waals surface area (Å²) in [4.78, 5) is 24.8. The summed E-state index contributed by atoms with van der Waals surface area (Å²) in [6.07, 6.45) is 4.29. The maximum atomic E-state index is 11.9. The number of nitrogens with zero attached hydrogens (tertiary/aromatic N) is 4. The molecule has 1 unspecified atom stereocenters. The average Bonchev–Trinajstić information content (AvgIpc) is 2.89. The minimum Gasteiger partial charge on any atom is -0.496 e. The lowest BCUT2D eigenvalue weighted by Crippen LogP contribution is -2.18. The first-order valence-electron chi connectivity index (χ1n) is 10.6. The molecule has 0 fully saturated rings. The molecule has 174 valence electrons. The number of nitrogens with one attached hydrogen (secondary N) is 4. The number of rotatable bonds is 10. The molecule has 2 heterocycles. The van der Waals surface area contributed by atoms with Crippen LogP contribution in [-0.2, 0) is 0 Å². The Kier molecular flexibility index (Phi) is 8.07. The second-order valence-corrected chi connectivity index (χ2v) is 7.42. The first kappa shape index (κ1) is 24.1. The van der Waals surface area contributed by atoms with Gasteiger partial charge < -0.3 is 26.1 Å². The van der Waals surface area contributed by atoms with Crippen LogP contribution in [0.5, 0.6) is 5.75 Å². The van der Waals surface area contributed by atoms with Gasteiger partial charge in [0.05, 0.1) is 18.9 Å². The molecule has 3 aromatic rings. The molecule has 1 aromatic carbocycles. The van der Waals surface area contributed by atoms with E-state index >= 15 is 0 Å². The van der Waals surface area contributed by atoms with Crippen LogP contribution in [0.25, 0.3) is 11.3 Å². The molecular weight excluding hydrogens is 432 g/mol. The van der Waals surface area contributed by atoms with Crippen LogP contribution in [0.1, 0.15) is 34.3 Å². The molecule has 3 rings (SSSR count). The number of ether oxygens (including phenoxy) is 1. The van der Waals surface area contributed by atoms with E-state index in [4.69, 9.17) is 15.4 Å². The molecule has 0 aliphatic rings. The summed E-state index contributed by atoms with van der Waals surface area (Å²) in [5.74, 6) is 1.66. The minimum absolute atomic E-state index is 0.0729. The topological polar surface area (TPSA) is 149 Å². The van der Waals surface area contributed by atoms with Crippen molar-refractivity contribution in [3.05, 3.63) is 59.5 Å². The number of methoxy groups -OCH3 is 1. The van der Waals surface area contributed by atoms with Gasteiger partial charge in [-0.1, -0.05) is 13.0 Å². The van der Waals surface area contributed by atoms with E-state index in [1.165, 1.54) is 12.5 Å². The predicted molar refractivity (Wildman–Crippen MR) is 131 cm³/mol. The van der Waals surface area contributed by atoms with Gasteiger partial charge in [0, 0.05) is 54.7 Å². The van der Waals surface area contributed by atoms with E-state index in [1.54, 1.807) is 38.6 Å². The van der Waals surface area contributed by atoms with Crippen LogP contribution in [-0.4, -0.2) is 54.3 Å². The molecular formula is C24H26N8O2. The molecule has 34 heavy (non-hydrogen) atoms. The fourth-order valence-corrected chi connectivity index (χ4v) is 3.39. The number of aromatic nitrogens is 3. The lowest BCUT2D eigenvalue weighted by atomic mass is 9.98. The van der Waals surface area contributed by atoms with E-state index < -0.39 is 0 Å². The van der Waals surface area contributed by atoms with Gasteiger partial charge >= 0.3 is 0 Å². The molecule has 1 amide bonds. The third-order valence-electron chi connectivity index (χ3n) is 5.21. The van der Waals surface area contributed by atoms with Gasteiger partial charge in [0.1, 0.15) is 30.3 Å².